The zero-order chi connectivity index (χ0) is 13.7. The smallest absolute Gasteiger partial charge is 0.354 e. The number of nitrogens with zero attached hydrogens (tertiary/aromatic N) is 1. The van der Waals surface area contributed by atoms with E-state index in [4.69, 9.17) is 10.2 Å². The molecule has 4 N–H and O–H groups in total. The molecule has 1 aromatic rings. The number of carbonyl (C=O) groups is 1. The molecule has 0 fully saturated rings. The predicted octanol–water partition coefficient (Wildman–Crippen LogP) is -0.234. The summed E-state index contributed by atoms with van der Waals surface area (Å²) in [6.07, 6.45) is 1.47. The SMILES string of the molecule is O=C(O)c1ccc2c(n1)CC(CNCCCO)NC2. The van der Waals surface area contributed by atoms with Crippen molar-refractivity contribution in [1.82, 2.24) is 15.6 Å². The number of hydrogen-bond acceptors (Lipinski definition) is 5. The third-order valence-electron chi connectivity index (χ3n) is 3.21. The number of aliphatic hydroxyl groups excluding tert-OH is 1. The highest BCUT2D eigenvalue weighted by Crippen LogP contribution is 2.15. The Morgan fingerprint density at radius 2 is 2.37 bits per heavy atom. The second-order valence-electron chi connectivity index (χ2n) is 4.67. The Bertz CT molecular complexity index is 451. The van der Waals surface area contributed by atoms with Crippen molar-refractivity contribution in [2.75, 3.05) is 19.7 Å². The average molecular weight is 265 g/mol. The Morgan fingerprint density at radius 1 is 1.53 bits per heavy atom. The molecule has 2 heterocycles. The average Bonchev–Trinajstić information content (AvgIpc) is 2.42. The Kier molecular flexibility index (Phi) is 4.84. The molecule has 0 saturated carbocycles. The van der Waals surface area contributed by atoms with Crippen LogP contribution in [0.1, 0.15) is 28.2 Å². The van der Waals surface area contributed by atoms with Gasteiger partial charge in [-0.3, -0.25) is 0 Å². The van der Waals surface area contributed by atoms with Gasteiger partial charge in [-0.1, -0.05) is 6.07 Å². The monoisotopic (exact) mass is 265 g/mol. The molecule has 0 radical (unpaired) electrons. The summed E-state index contributed by atoms with van der Waals surface area (Å²) >= 11 is 0. The van der Waals surface area contributed by atoms with Gasteiger partial charge in [0.15, 0.2) is 0 Å². The molecular formula is C13H19N3O3. The number of pyridine rings is 1. The second-order valence-corrected chi connectivity index (χ2v) is 4.67. The normalized spacial score (nSPS) is 18.1. The van der Waals surface area contributed by atoms with Crippen LogP contribution in [0.5, 0.6) is 0 Å². The molecule has 1 aliphatic rings. The van der Waals surface area contributed by atoms with Crippen LogP contribution in [0.4, 0.5) is 0 Å². The molecule has 0 saturated heterocycles. The fraction of sp³-hybridized carbons (Fsp3) is 0.538. The molecule has 0 aromatic carbocycles. The molecule has 1 aliphatic heterocycles. The number of aromatic carboxylic acids is 1. The fourth-order valence-electron chi connectivity index (χ4n) is 2.17. The van der Waals surface area contributed by atoms with Gasteiger partial charge in [0.2, 0.25) is 0 Å². The minimum atomic E-state index is -0.987. The number of carboxylic acids is 1. The van der Waals surface area contributed by atoms with E-state index in [-0.39, 0.29) is 18.3 Å². The van der Waals surface area contributed by atoms with Crippen LogP contribution < -0.4 is 10.6 Å². The molecular weight excluding hydrogens is 246 g/mol. The maximum atomic E-state index is 10.9. The highest BCUT2D eigenvalue weighted by atomic mass is 16.4. The van der Waals surface area contributed by atoms with Crippen molar-refractivity contribution < 1.29 is 15.0 Å². The molecule has 1 unspecified atom stereocenters. The summed E-state index contributed by atoms with van der Waals surface area (Å²) in [7, 11) is 0. The number of nitrogens with one attached hydrogen (secondary N) is 2. The Morgan fingerprint density at radius 3 is 3.11 bits per heavy atom. The van der Waals surface area contributed by atoms with Gasteiger partial charge < -0.3 is 20.8 Å². The number of carboxylic acid groups (broad SMARTS) is 1. The summed E-state index contributed by atoms with van der Waals surface area (Å²) in [6, 6.07) is 3.62. The maximum Gasteiger partial charge on any atom is 0.354 e. The van der Waals surface area contributed by atoms with Gasteiger partial charge in [-0.05, 0) is 24.6 Å². The standard InChI is InChI=1S/C13H19N3O3/c17-5-1-4-14-8-10-6-12-9(7-15-10)2-3-11(16-12)13(18)19/h2-3,10,14-15,17H,1,4-8H2,(H,18,19). The number of fused-ring (bicyclic) bond motifs is 1. The molecule has 2 rings (SSSR count). The third kappa shape index (κ3) is 3.73. The van der Waals surface area contributed by atoms with Gasteiger partial charge >= 0.3 is 5.97 Å². The minimum Gasteiger partial charge on any atom is -0.477 e. The lowest BCUT2D eigenvalue weighted by Crippen LogP contribution is -2.43. The molecule has 0 spiro atoms. The molecule has 1 atom stereocenters. The van der Waals surface area contributed by atoms with Gasteiger partial charge in [-0.15, -0.1) is 0 Å². The van der Waals surface area contributed by atoms with Crippen LogP contribution in [-0.4, -0.2) is 46.9 Å². The fourth-order valence-corrected chi connectivity index (χ4v) is 2.17. The lowest BCUT2D eigenvalue weighted by Gasteiger charge is -2.25. The van der Waals surface area contributed by atoms with E-state index >= 15 is 0 Å². The predicted molar refractivity (Wildman–Crippen MR) is 70.1 cm³/mol. The number of aromatic nitrogens is 1. The minimum absolute atomic E-state index is 0.104. The van der Waals surface area contributed by atoms with E-state index in [1.807, 2.05) is 6.07 Å². The van der Waals surface area contributed by atoms with Crippen LogP contribution in [0.15, 0.2) is 12.1 Å². The largest absolute Gasteiger partial charge is 0.477 e. The molecule has 0 bridgehead atoms. The zero-order valence-electron chi connectivity index (χ0n) is 10.7. The van der Waals surface area contributed by atoms with Crippen LogP contribution in [0.3, 0.4) is 0 Å². The summed E-state index contributed by atoms with van der Waals surface area (Å²) < 4.78 is 0. The van der Waals surface area contributed by atoms with Crippen molar-refractivity contribution >= 4 is 5.97 Å². The van der Waals surface area contributed by atoms with E-state index in [0.29, 0.717) is 6.54 Å². The van der Waals surface area contributed by atoms with Gasteiger partial charge in [0, 0.05) is 37.9 Å². The zero-order valence-corrected chi connectivity index (χ0v) is 10.7. The Hall–Kier alpha value is -1.50. The van der Waals surface area contributed by atoms with Crippen LogP contribution in [-0.2, 0) is 13.0 Å². The van der Waals surface area contributed by atoms with Gasteiger partial charge in [0.1, 0.15) is 5.69 Å². The molecule has 1 aromatic heterocycles. The van der Waals surface area contributed by atoms with Crippen molar-refractivity contribution in [1.29, 1.82) is 0 Å². The highest BCUT2D eigenvalue weighted by Gasteiger charge is 2.20. The summed E-state index contributed by atoms with van der Waals surface area (Å²) in [5.41, 5.74) is 2.04. The van der Waals surface area contributed by atoms with E-state index in [1.54, 1.807) is 6.07 Å². The van der Waals surface area contributed by atoms with E-state index in [9.17, 15) is 4.79 Å². The quantitative estimate of drug-likeness (QED) is 0.531. The molecule has 6 nitrogen and oxygen atoms in total. The topological polar surface area (TPSA) is 94.5 Å². The summed E-state index contributed by atoms with van der Waals surface area (Å²) in [5, 5.41) is 24.3. The molecule has 6 heteroatoms. The lowest BCUT2D eigenvalue weighted by molar-refractivity contribution is 0.0690. The van der Waals surface area contributed by atoms with Crippen molar-refractivity contribution in [3.63, 3.8) is 0 Å². The molecule has 0 aliphatic carbocycles. The van der Waals surface area contributed by atoms with E-state index in [1.165, 1.54) is 0 Å². The Balaban J connectivity index is 1.94. The lowest BCUT2D eigenvalue weighted by atomic mass is 10.0. The van der Waals surface area contributed by atoms with Gasteiger partial charge in [-0.2, -0.15) is 0 Å². The van der Waals surface area contributed by atoms with Crippen molar-refractivity contribution in [3.8, 4) is 0 Å². The number of aliphatic hydroxyl groups is 1. The molecule has 104 valence electrons. The second kappa shape index (κ2) is 6.60. The van der Waals surface area contributed by atoms with Crippen molar-refractivity contribution in [2.24, 2.45) is 0 Å². The van der Waals surface area contributed by atoms with Crippen molar-refractivity contribution in [2.45, 2.75) is 25.4 Å². The first-order valence-corrected chi connectivity index (χ1v) is 6.47. The van der Waals surface area contributed by atoms with Crippen LogP contribution >= 0.6 is 0 Å². The first kappa shape index (κ1) is 13.9. The van der Waals surface area contributed by atoms with E-state index in [2.05, 4.69) is 15.6 Å². The van der Waals surface area contributed by atoms with Gasteiger partial charge in [0.05, 0.1) is 0 Å². The van der Waals surface area contributed by atoms with Crippen LogP contribution in [0.2, 0.25) is 0 Å². The summed E-state index contributed by atoms with van der Waals surface area (Å²) in [6.45, 7) is 2.48. The highest BCUT2D eigenvalue weighted by molar-refractivity contribution is 5.85. The van der Waals surface area contributed by atoms with Gasteiger partial charge in [-0.25, -0.2) is 9.78 Å². The van der Waals surface area contributed by atoms with E-state index in [0.717, 1.165) is 37.2 Å². The Labute approximate surface area is 111 Å². The first-order chi connectivity index (χ1) is 9.20. The molecule has 19 heavy (non-hydrogen) atoms. The maximum absolute atomic E-state index is 10.9. The summed E-state index contributed by atoms with van der Waals surface area (Å²) in [5.74, 6) is -0.987. The summed E-state index contributed by atoms with van der Waals surface area (Å²) in [4.78, 5) is 15.1. The van der Waals surface area contributed by atoms with E-state index < -0.39 is 5.97 Å². The van der Waals surface area contributed by atoms with Crippen molar-refractivity contribution in [3.05, 3.63) is 29.1 Å². The van der Waals surface area contributed by atoms with Crippen LogP contribution in [0, 0.1) is 0 Å². The van der Waals surface area contributed by atoms with Crippen LogP contribution in [0.25, 0.3) is 0 Å². The molecule has 0 amide bonds. The first-order valence-electron chi connectivity index (χ1n) is 6.47. The number of rotatable bonds is 6. The third-order valence-corrected chi connectivity index (χ3v) is 3.21. The van der Waals surface area contributed by atoms with Gasteiger partial charge in [0.25, 0.3) is 0 Å². The number of hydrogen-bond donors (Lipinski definition) is 4.